The van der Waals surface area contributed by atoms with Crippen molar-refractivity contribution in [2.75, 3.05) is 0 Å². The maximum absolute atomic E-state index is 6.31. The Hall–Kier alpha value is -7.37. The molecule has 0 aliphatic heterocycles. The van der Waals surface area contributed by atoms with Gasteiger partial charge in [-0.05, 0) is 83.9 Å². The van der Waals surface area contributed by atoms with Crippen LogP contribution in [-0.4, -0.2) is 18.7 Å². The van der Waals surface area contributed by atoms with E-state index in [1.165, 1.54) is 49.2 Å². The molecule has 0 aliphatic rings. The molecule has 5 nitrogen and oxygen atoms in total. The number of aromatic nitrogens is 4. The molecular weight excluding hydrogens is 661 g/mol. The first kappa shape index (κ1) is 29.2. The molecule has 12 rings (SSSR count). The van der Waals surface area contributed by atoms with Crippen molar-refractivity contribution in [1.82, 2.24) is 18.7 Å². The van der Waals surface area contributed by atoms with E-state index in [1.54, 1.807) is 0 Å². The van der Waals surface area contributed by atoms with Crippen LogP contribution in [0.15, 0.2) is 186 Å². The Balaban J connectivity index is 1.13. The Morgan fingerprint density at radius 3 is 1.44 bits per heavy atom. The predicted octanol–water partition coefficient (Wildman–Crippen LogP) is 12.8. The van der Waals surface area contributed by atoms with Gasteiger partial charge in [0.25, 0.3) is 0 Å². The van der Waals surface area contributed by atoms with E-state index in [9.17, 15) is 0 Å². The molecular formula is C49H30N4O. The molecule has 54 heavy (non-hydrogen) atoms. The summed E-state index contributed by atoms with van der Waals surface area (Å²) in [5, 5.41) is 7.24. The summed E-state index contributed by atoms with van der Waals surface area (Å²) in [5.74, 6) is 0. The average molecular weight is 691 g/mol. The van der Waals surface area contributed by atoms with Crippen LogP contribution in [-0.2, 0) is 0 Å². The number of para-hydroxylation sites is 6. The Bertz CT molecular complexity index is 3400. The zero-order valence-corrected chi connectivity index (χ0v) is 29.0. The molecule has 4 aromatic heterocycles. The number of nitrogens with zero attached hydrogens (tertiary/aromatic N) is 4. The Morgan fingerprint density at radius 2 is 0.815 bits per heavy atom. The second kappa shape index (κ2) is 11.1. The Kier molecular flexibility index (Phi) is 5.99. The lowest BCUT2D eigenvalue weighted by atomic mass is 10.0. The molecule has 8 aromatic carbocycles. The van der Waals surface area contributed by atoms with E-state index < -0.39 is 0 Å². The van der Waals surface area contributed by atoms with Gasteiger partial charge in [-0.25, -0.2) is 0 Å². The van der Waals surface area contributed by atoms with Crippen molar-refractivity contribution in [2.45, 2.75) is 0 Å². The monoisotopic (exact) mass is 690 g/mol. The number of fused-ring (bicyclic) bond motifs is 11. The minimum absolute atomic E-state index is 0.574. The molecule has 0 radical (unpaired) electrons. The number of benzene rings is 8. The van der Waals surface area contributed by atoms with E-state index in [1.807, 2.05) is 24.3 Å². The van der Waals surface area contributed by atoms with E-state index in [0.29, 0.717) is 6.01 Å². The summed E-state index contributed by atoms with van der Waals surface area (Å²) in [6.45, 7) is 0. The van der Waals surface area contributed by atoms with Gasteiger partial charge in [0.15, 0.2) is 5.58 Å². The summed E-state index contributed by atoms with van der Waals surface area (Å²) in [7, 11) is 0. The summed E-state index contributed by atoms with van der Waals surface area (Å²) in [4.78, 5) is 4.88. The summed E-state index contributed by atoms with van der Waals surface area (Å²) in [6, 6.07) is 65.6. The fourth-order valence-corrected chi connectivity index (χ4v) is 8.74. The third-order valence-electron chi connectivity index (χ3n) is 11.1. The fraction of sp³-hybridized carbons (Fsp3) is 0. The maximum Gasteiger partial charge on any atom is 0.307 e. The topological polar surface area (TPSA) is 40.8 Å². The van der Waals surface area contributed by atoms with Crippen LogP contribution in [0, 0.1) is 0 Å². The largest absolute Gasteiger partial charge is 0.423 e. The molecule has 0 fully saturated rings. The molecule has 5 heteroatoms. The minimum atomic E-state index is 0.574. The van der Waals surface area contributed by atoms with Crippen LogP contribution in [0.2, 0.25) is 0 Å². The van der Waals surface area contributed by atoms with Gasteiger partial charge in [-0.15, -0.1) is 0 Å². The molecule has 0 amide bonds. The zero-order valence-electron chi connectivity index (χ0n) is 29.0. The molecule has 0 atom stereocenters. The zero-order chi connectivity index (χ0) is 35.3. The van der Waals surface area contributed by atoms with Crippen LogP contribution in [0.5, 0.6) is 0 Å². The predicted molar refractivity (Wildman–Crippen MR) is 222 cm³/mol. The van der Waals surface area contributed by atoms with Crippen LogP contribution in [0.3, 0.4) is 0 Å². The normalized spacial score (nSPS) is 12.1. The molecule has 12 aromatic rings. The van der Waals surface area contributed by atoms with E-state index in [-0.39, 0.29) is 0 Å². The highest BCUT2D eigenvalue weighted by molar-refractivity contribution is 6.24. The summed E-state index contributed by atoms with van der Waals surface area (Å²) < 4.78 is 13.3. The van der Waals surface area contributed by atoms with Crippen molar-refractivity contribution in [3.63, 3.8) is 0 Å². The molecule has 0 bridgehead atoms. The summed E-state index contributed by atoms with van der Waals surface area (Å²) >= 11 is 0. The highest BCUT2D eigenvalue weighted by atomic mass is 16.4. The first-order chi connectivity index (χ1) is 26.8. The Labute approximate surface area is 309 Å². The van der Waals surface area contributed by atoms with Crippen molar-refractivity contribution in [3.8, 4) is 28.5 Å². The van der Waals surface area contributed by atoms with Crippen LogP contribution in [0.4, 0.5) is 0 Å². The molecule has 0 unspecified atom stereocenters. The lowest BCUT2D eigenvalue weighted by molar-refractivity contribution is 0.574. The van der Waals surface area contributed by atoms with Gasteiger partial charge in [-0.3, -0.25) is 4.57 Å². The van der Waals surface area contributed by atoms with Gasteiger partial charge in [0.1, 0.15) is 5.52 Å². The third-order valence-corrected chi connectivity index (χ3v) is 11.1. The van der Waals surface area contributed by atoms with Crippen molar-refractivity contribution in [2.24, 2.45) is 0 Å². The van der Waals surface area contributed by atoms with Crippen LogP contribution in [0.25, 0.3) is 105 Å². The lowest BCUT2D eigenvalue weighted by Crippen LogP contribution is -1.98. The van der Waals surface area contributed by atoms with Gasteiger partial charge in [0.05, 0.1) is 33.1 Å². The van der Waals surface area contributed by atoms with E-state index in [0.717, 1.165) is 49.8 Å². The highest BCUT2D eigenvalue weighted by Gasteiger charge is 2.22. The molecule has 0 saturated heterocycles. The molecule has 0 aliphatic carbocycles. The number of hydrogen-bond donors (Lipinski definition) is 0. The van der Waals surface area contributed by atoms with E-state index >= 15 is 0 Å². The van der Waals surface area contributed by atoms with Crippen molar-refractivity contribution in [3.05, 3.63) is 182 Å². The van der Waals surface area contributed by atoms with E-state index in [4.69, 9.17) is 9.40 Å². The standard InChI is InChI=1S/C49H30N4O/c1-3-13-33(14-4-1)51-42-20-10-7-17-35(42)37-25-26-38-40-30-32(23-27-44(40)52(48(38)47(37)51)34-15-5-2-6-16-34)31-24-28-45-39(29-31)36-18-8-11-21-43(36)53(45)49-50-41-19-9-12-22-46(41)54-49/h1-30H. The third kappa shape index (κ3) is 4.06. The smallest absolute Gasteiger partial charge is 0.307 e. The molecule has 4 heterocycles. The van der Waals surface area contributed by atoms with Gasteiger partial charge >= 0.3 is 6.01 Å². The van der Waals surface area contributed by atoms with Gasteiger partial charge in [0.2, 0.25) is 0 Å². The quantitative estimate of drug-likeness (QED) is 0.184. The second-order valence-corrected chi connectivity index (χ2v) is 14.0. The maximum atomic E-state index is 6.31. The number of hydrogen-bond acceptors (Lipinski definition) is 2. The van der Waals surface area contributed by atoms with Gasteiger partial charge in [-0.1, -0.05) is 109 Å². The fourth-order valence-electron chi connectivity index (χ4n) is 8.74. The molecule has 0 spiro atoms. The minimum Gasteiger partial charge on any atom is -0.423 e. The van der Waals surface area contributed by atoms with Crippen molar-refractivity contribution < 1.29 is 4.42 Å². The lowest BCUT2D eigenvalue weighted by Gasteiger charge is -2.12. The van der Waals surface area contributed by atoms with Gasteiger partial charge in [0, 0.05) is 43.7 Å². The van der Waals surface area contributed by atoms with Gasteiger partial charge < -0.3 is 13.6 Å². The van der Waals surface area contributed by atoms with Crippen molar-refractivity contribution >= 4 is 76.5 Å². The SMILES string of the molecule is c1ccc(-n2c3ccccc3c3ccc4c5cc(-c6ccc7c(c6)c6ccccc6n7-c6nc7ccccc7o6)ccc5n(-c5ccccc5)c4c32)cc1. The number of rotatable bonds is 4. The Morgan fingerprint density at radius 1 is 0.352 bits per heavy atom. The van der Waals surface area contributed by atoms with Crippen LogP contribution < -0.4 is 0 Å². The van der Waals surface area contributed by atoms with Crippen LogP contribution >= 0.6 is 0 Å². The first-order valence-corrected chi connectivity index (χ1v) is 18.3. The second-order valence-electron chi connectivity index (χ2n) is 14.0. The van der Waals surface area contributed by atoms with Crippen molar-refractivity contribution in [1.29, 1.82) is 0 Å². The number of oxazole rings is 1. The average Bonchev–Trinajstić information content (AvgIpc) is 3.99. The summed E-state index contributed by atoms with van der Waals surface area (Å²) in [5.41, 5.74) is 13.1. The van der Waals surface area contributed by atoms with Gasteiger partial charge in [-0.2, -0.15) is 4.98 Å². The summed E-state index contributed by atoms with van der Waals surface area (Å²) in [6.07, 6.45) is 0. The first-order valence-electron chi connectivity index (χ1n) is 18.3. The highest BCUT2D eigenvalue weighted by Crippen LogP contribution is 2.43. The van der Waals surface area contributed by atoms with Crippen LogP contribution in [0.1, 0.15) is 0 Å². The molecule has 0 N–H and O–H groups in total. The van der Waals surface area contributed by atoms with E-state index in [2.05, 4.69) is 171 Å². The molecule has 252 valence electrons. The molecule has 0 saturated carbocycles.